The van der Waals surface area contributed by atoms with Gasteiger partial charge in [-0.15, -0.1) is 10.2 Å². The van der Waals surface area contributed by atoms with Crippen molar-refractivity contribution in [3.8, 4) is 11.5 Å². The molecular weight excluding hydrogens is 334 g/mol. The minimum atomic E-state index is -0.225. The zero-order valence-electron chi connectivity index (χ0n) is 15.4. The van der Waals surface area contributed by atoms with Crippen LogP contribution in [0.5, 0.6) is 0 Å². The number of nitrogens with zero attached hydrogens (tertiary/aromatic N) is 2. The second kappa shape index (κ2) is 7.46. The van der Waals surface area contributed by atoms with Crippen LogP contribution in [0, 0.1) is 13.8 Å². The molecular formula is C23H21N3O. The molecule has 1 atom stereocenters. The zero-order valence-corrected chi connectivity index (χ0v) is 15.4. The molecule has 0 unspecified atom stereocenters. The molecule has 4 nitrogen and oxygen atoms in total. The lowest BCUT2D eigenvalue weighted by atomic mass is 10.0. The summed E-state index contributed by atoms with van der Waals surface area (Å²) < 4.78 is 6.04. The van der Waals surface area contributed by atoms with Gasteiger partial charge in [0.05, 0.1) is 0 Å². The Morgan fingerprint density at radius 1 is 0.778 bits per heavy atom. The summed E-state index contributed by atoms with van der Waals surface area (Å²) in [5.74, 6) is 1.07. The first kappa shape index (κ1) is 17.0. The number of anilines is 1. The van der Waals surface area contributed by atoms with Crippen LogP contribution in [0.2, 0.25) is 0 Å². The highest BCUT2D eigenvalue weighted by Crippen LogP contribution is 2.30. The van der Waals surface area contributed by atoms with Crippen LogP contribution in [0.15, 0.2) is 83.3 Å². The van der Waals surface area contributed by atoms with Crippen molar-refractivity contribution in [2.75, 3.05) is 5.32 Å². The summed E-state index contributed by atoms with van der Waals surface area (Å²) in [6, 6.07) is 26.0. The molecule has 0 spiro atoms. The second-order valence-corrected chi connectivity index (χ2v) is 6.55. The predicted molar refractivity (Wildman–Crippen MR) is 108 cm³/mol. The topological polar surface area (TPSA) is 51.0 Å². The van der Waals surface area contributed by atoms with Crippen molar-refractivity contribution in [1.82, 2.24) is 10.2 Å². The van der Waals surface area contributed by atoms with E-state index in [1.54, 1.807) is 0 Å². The predicted octanol–water partition coefficient (Wildman–Crippen LogP) is 5.55. The molecule has 27 heavy (non-hydrogen) atoms. The van der Waals surface area contributed by atoms with Gasteiger partial charge < -0.3 is 9.73 Å². The number of benzene rings is 3. The van der Waals surface area contributed by atoms with E-state index in [1.165, 1.54) is 11.1 Å². The highest BCUT2D eigenvalue weighted by atomic mass is 16.4. The van der Waals surface area contributed by atoms with E-state index in [-0.39, 0.29) is 6.04 Å². The Hall–Kier alpha value is -3.40. The molecule has 1 N–H and O–H groups in total. The maximum Gasteiger partial charge on any atom is 0.247 e. The summed E-state index contributed by atoms with van der Waals surface area (Å²) in [5, 5.41) is 12.2. The van der Waals surface area contributed by atoms with Gasteiger partial charge in [-0.2, -0.15) is 0 Å². The molecule has 0 fully saturated rings. The van der Waals surface area contributed by atoms with Crippen molar-refractivity contribution < 1.29 is 4.42 Å². The Kier molecular flexibility index (Phi) is 4.71. The smallest absolute Gasteiger partial charge is 0.247 e. The molecule has 0 radical (unpaired) electrons. The SMILES string of the molecule is Cc1cccc(N[C@@H](c2ccccc2)c2nnc(-c3ccccc3)o2)c1C. The minimum Gasteiger partial charge on any atom is -0.418 e. The number of rotatable bonds is 5. The molecule has 4 aromatic rings. The van der Waals surface area contributed by atoms with Gasteiger partial charge in [-0.1, -0.05) is 60.7 Å². The van der Waals surface area contributed by atoms with Crippen LogP contribution in [0.25, 0.3) is 11.5 Å². The lowest BCUT2D eigenvalue weighted by Crippen LogP contribution is -2.14. The van der Waals surface area contributed by atoms with E-state index in [2.05, 4.69) is 59.7 Å². The Morgan fingerprint density at radius 2 is 1.48 bits per heavy atom. The molecule has 1 heterocycles. The Labute approximate surface area is 158 Å². The molecule has 0 bridgehead atoms. The van der Waals surface area contributed by atoms with E-state index < -0.39 is 0 Å². The molecule has 0 aliphatic carbocycles. The quantitative estimate of drug-likeness (QED) is 0.509. The third kappa shape index (κ3) is 3.60. The Morgan fingerprint density at radius 3 is 2.22 bits per heavy atom. The first-order valence-corrected chi connectivity index (χ1v) is 8.99. The summed E-state index contributed by atoms with van der Waals surface area (Å²) in [7, 11) is 0. The minimum absolute atomic E-state index is 0.225. The van der Waals surface area contributed by atoms with Gasteiger partial charge in [-0.05, 0) is 48.7 Å². The molecule has 0 aliphatic heterocycles. The number of hydrogen-bond acceptors (Lipinski definition) is 4. The van der Waals surface area contributed by atoms with Gasteiger partial charge in [0.1, 0.15) is 6.04 Å². The molecule has 0 saturated heterocycles. The van der Waals surface area contributed by atoms with Gasteiger partial charge in [0.25, 0.3) is 0 Å². The second-order valence-electron chi connectivity index (χ2n) is 6.55. The van der Waals surface area contributed by atoms with Crippen molar-refractivity contribution in [3.05, 3.63) is 101 Å². The van der Waals surface area contributed by atoms with Crippen LogP contribution in [-0.2, 0) is 0 Å². The van der Waals surface area contributed by atoms with Crippen molar-refractivity contribution in [3.63, 3.8) is 0 Å². The van der Waals surface area contributed by atoms with Crippen LogP contribution < -0.4 is 5.32 Å². The summed E-state index contributed by atoms with van der Waals surface area (Å²) in [6.07, 6.45) is 0. The first-order valence-electron chi connectivity index (χ1n) is 8.99. The summed E-state index contributed by atoms with van der Waals surface area (Å²) >= 11 is 0. The van der Waals surface area contributed by atoms with Gasteiger partial charge >= 0.3 is 0 Å². The van der Waals surface area contributed by atoms with Gasteiger partial charge in [-0.25, -0.2) is 0 Å². The number of nitrogens with one attached hydrogen (secondary N) is 1. The highest BCUT2D eigenvalue weighted by molar-refractivity contribution is 5.56. The van der Waals surface area contributed by atoms with Gasteiger partial charge in [-0.3, -0.25) is 0 Å². The van der Waals surface area contributed by atoms with Crippen LogP contribution in [0.4, 0.5) is 5.69 Å². The molecule has 4 heteroatoms. The highest BCUT2D eigenvalue weighted by Gasteiger charge is 2.22. The maximum atomic E-state index is 6.04. The third-order valence-electron chi connectivity index (χ3n) is 4.75. The first-order chi connectivity index (χ1) is 13.2. The van der Waals surface area contributed by atoms with E-state index >= 15 is 0 Å². The monoisotopic (exact) mass is 355 g/mol. The van der Waals surface area contributed by atoms with Crippen LogP contribution in [0.3, 0.4) is 0 Å². The van der Waals surface area contributed by atoms with E-state index in [0.29, 0.717) is 11.8 Å². The van der Waals surface area contributed by atoms with Gasteiger partial charge in [0, 0.05) is 11.3 Å². The van der Waals surface area contributed by atoms with Crippen molar-refractivity contribution >= 4 is 5.69 Å². The summed E-state index contributed by atoms with van der Waals surface area (Å²) in [5.41, 5.74) is 5.49. The molecule has 0 aliphatic rings. The standard InChI is InChI=1S/C23H21N3O/c1-16-10-9-15-20(17(16)2)24-21(18-11-5-3-6-12-18)23-26-25-22(27-23)19-13-7-4-8-14-19/h3-15,21,24H,1-2H3/t21-/m0/s1. The normalized spacial score (nSPS) is 11.9. The average Bonchev–Trinajstić information content (AvgIpc) is 3.20. The molecule has 1 aromatic heterocycles. The third-order valence-corrected chi connectivity index (χ3v) is 4.75. The molecule has 0 amide bonds. The van der Waals surface area contributed by atoms with Crippen molar-refractivity contribution in [2.45, 2.75) is 19.9 Å². The van der Waals surface area contributed by atoms with E-state index in [0.717, 1.165) is 16.8 Å². The lowest BCUT2D eigenvalue weighted by molar-refractivity contribution is 0.494. The number of aryl methyl sites for hydroxylation is 1. The zero-order chi connectivity index (χ0) is 18.6. The largest absolute Gasteiger partial charge is 0.418 e. The Balaban J connectivity index is 1.73. The van der Waals surface area contributed by atoms with Gasteiger partial charge in [0.2, 0.25) is 11.8 Å². The summed E-state index contributed by atoms with van der Waals surface area (Å²) in [6.45, 7) is 4.22. The average molecular weight is 355 g/mol. The number of hydrogen-bond donors (Lipinski definition) is 1. The Bertz CT molecular complexity index is 1030. The molecule has 4 rings (SSSR count). The fourth-order valence-corrected chi connectivity index (χ4v) is 3.04. The van der Waals surface area contributed by atoms with E-state index in [1.807, 2.05) is 48.5 Å². The van der Waals surface area contributed by atoms with Crippen molar-refractivity contribution in [2.24, 2.45) is 0 Å². The van der Waals surface area contributed by atoms with E-state index in [9.17, 15) is 0 Å². The maximum absolute atomic E-state index is 6.04. The molecule has 134 valence electrons. The fourth-order valence-electron chi connectivity index (χ4n) is 3.04. The van der Waals surface area contributed by atoms with Gasteiger partial charge in [0.15, 0.2) is 0 Å². The van der Waals surface area contributed by atoms with Crippen LogP contribution in [0.1, 0.15) is 28.6 Å². The van der Waals surface area contributed by atoms with E-state index in [4.69, 9.17) is 4.42 Å². The molecule has 3 aromatic carbocycles. The lowest BCUT2D eigenvalue weighted by Gasteiger charge is -2.19. The summed E-state index contributed by atoms with van der Waals surface area (Å²) in [4.78, 5) is 0. The van der Waals surface area contributed by atoms with Crippen LogP contribution in [-0.4, -0.2) is 10.2 Å². The van der Waals surface area contributed by atoms with Crippen LogP contribution >= 0.6 is 0 Å². The molecule has 0 saturated carbocycles. The fraction of sp³-hybridized carbons (Fsp3) is 0.130. The van der Waals surface area contributed by atoms with Crippen molar-refractivity contribution in [1.29, 1.82) is 0 Å². The number of aromatic nitrogens is 2.